The van der Waals surface area contributed by atoms with E-state index in [0.717, 1.165) is 29.2 Å². The fourth-order valence-corrected chi connectivity index (χ4v) is 3.45. The molecule has 26 heavy (non-hydrogen) atoms. The van der Waals surface area contributed by atoms with E-state index in [1.807, 2.05) is 70.4 Å². The number of anilines is 1. The number of hydrogen-bond acceptors (Lipinski definition) is 4. The average molecular weight is 412 g/mol. The molecule has 0 N–H and O–H groups in total. The molecule has 0 bridgehead atoms. The Morgan fingerprint density at radius 3 is 2.23 bits per heavy atom. The van der Waals surface area contributed by atoms with Crippen LogP contribution in [0.2, 0.25) is 0 Å². The number of nitrogens with zero attached hydrogens (tertiary/aromatic N) is 5. The Morgan fingerprint density at radius 1 is 0.885 bits per heavy atom. The van der Waals surface area contributed by atoms with Crippen molar-refractivity contribution in [2.24, 2.45) is 0 Å². The number of piperazine rings is 1. The Hall–Kier alpha value is -2.67. The van der Waals surface area contributed by atoms with Crippen LogP contribution in [0, 0.1) is 0 Å². The van der Waals surface area contributed by atoms with Gasteiger partial charge < -0.3 is 14.4 Å². The van der Waals surface area contributed by atoms with E-state index < -0.39 is 0 Å². The zero-order valence-electron chi connectivity index (χ0n) is 14.1. The lowest BCUT2D eigenvalue weighted by Gasteiger charge is -2.35. The van der Waals surface area contributed by atoms with Crippen LogP contribution < -0.4 is 4.90 Å². The Balaban J connectivity index is 1.39. The molecule has 3 aromatic rings. The summed E-state index contributed by atoms with van der Waals surface area (Å²) < 4.78 is 2.84. The summed E-state index contributed by atoms with van der Waals surface area (Å²) in [5.41, 5.74) is 0.712. The molecular formula is C19H18BrN5O. The molecule has 4 rings (SSSR count). The van der Waals surface area contributed by atoms with Gasteiger partial charge in [-0.1, -0.05) is 22.0 Å². The summed E-state index contributed by atoms with van der Waals surface area (Å²) >= 11 is 3.42. The number of rotatable bonds is 3. The second kappa shape index (κ2) is 7.29. The van der Waals surface area contributed by atoms with E-state index in [9.17, 15) is 4.79 Å². The first-order chi connectivity index (χ1) is 12.7. The molecule has 6 nitrogen and oxygen atoms in total. The second-order valence-electron chi connectivity index (χ2n) is 6.13. The van der Waals surface area contributed by atoms with Gasteiger partial charge in [-0.15, -0.1) is 10.2 Å². The molecule has 0 radical (unpaired) electrons. The van der Waals surface area contributed by atoms with Crippen LogP contribution in [-0.2, 0) is 0 Å². The van der Waals surface area contributed by atoms with Crippen LogP contribution in [0.25, 0.3) is 5.82 Å². The SMILES string of the molecule is O=C(c1cccc(Br)c1)N1CCN(c2ccc(-n3cccc3)nn2)CC1. The molecule has 1 fully saturated rings. The van der Waals surface area contributed by atoms with Gasteiger partial charge in [-0.3, -0.25) is 4.79 Å². The van der Waals surface area contributed by atoms with Crippen LogP contribution in [0.15, 0.2) is 65.4 Å². The monoisotopic (exact) mass is 411 g/mol. The standard InChI is InChI=1S/C19H18BrN5O/c20-16-5-3-4-15(14-16)19(26)25-12-10-24(11-13-25)18-7-6-17(21-22-18)23-8-1-2-9-23/h1-9,14H,10-13H2. The molecule has 0 spiro atoms. The van der Waals surface area contributed by atoms with E-state index in [-0.39, 0.29) is 5.91 Å². The van der Waals surface area contributed by atoms with Gasteiger partial charge in [-0.25, -0.2) is 0 Å². The topological polar surface area (TPSA) is 54.3 Å². The highest BCUT2D eigenvalue weighted by atomic mass is 79.9. The van der Waals surface area contributed by atoms with E-state index in [2.05, 4.69) is 31.0 Å². The predicted octanol–water partition coefficient (Wildman–Crippen LogP) is 2.99. The first-order valence-corrected chi connectivity index (χ1v) is 9.27. The minimum atomic E-state index is 0.0694. The van der Waals surface area contributed by atoms with Gasteiger partial charge in [0.2, 0.25) is 0 Å². The van der Waals surface area contributed by atoms with Crippen molar-refractivity contribution in [3.63, 3.8) is 0 Å². The van der Waals surface area contributed by atoms with Crippen molar-refractivity contribution in [3.05, 3.63) is 71.0 Å². The summed E-state index contributed by atoms with van der Waals surface area (Å²) in [7, 11) is 0. The van der Waals surface area contributed by atoms with Gasteiger partial charge in [0.15, 0.2) is 11.6 Å². The highest BCUT2D eigenvalue weighted by Crippen LogP contribution is 2.17. The highest BCUT2D eigenvalue weighted by molar-refractivity contribution is 9.10. The number of carbonyl (C=O) groups is 1. The molecule has 1 aromatic carbocycles. The van der Waals surface area contributed by atoms with Crippen molar-refractivity contribution in [2.75, 3.05) is 31.1 Å². The third-order valence-corrected chi connectivity index (χ3v) is 4.96. The van der Waals surface area contributed by atoms with Gasteiger partial charge in [-0.05, 0) is 42.5 Å². The Morgan fingerprint density at radius 2 is 1.58 bits per heavy atom. The molecule has 0 atom stereocenters. The van der Waals surface area contributed by atoms with Gasteiger partial charge >= 0.3 is 0 Å². The molecule has 1 aliphatic rings. The minimum Gasteiger partial charge on any atom is -0.352 e. The zero-order valence-corrected chi connectivity index (χ0v) is 15.7. The van der Waals surface area contributed by atoms with Crippen molar-refractivity contribution in [2.45, 2.75) is 0 Å². The Bertz CT molecular complexity index is 887. The number of aromatic nitrogens is 3. The lowest BCUT2D eigenvalue weighted by Crippen LogP contribution is -2.49. The van der Waals surface area contributed by atoms with E-state index in [1.165, 1.54) is 0 Å². The fraction of sp³-hybridized carbons (Fsp3) is 0.211. The number of carbonyl (C=O) groups excluding carboxylic acids is 1. The first-order valence-electron chi connectivity index (χ1n) is 8.47. The maximum absolute atomic E-state index is 12.6. The summed E-state index contributed by atoms with van der Waals surface area (Å²) in [5.74, 6) is 1.71. The molecule has 1 saturated heterocycles. The summed E-state index contributed by atoms with van der Waals surface area (Å²) in [4.78, 5) is 16.7. The van der Waals surface area contributed by atoms with Gasteiger partial charge in [-0.2, -0.15) is 0 Å². The van der Waals surface area contributed by atoms with Gasteiger partial charge in [0.1, 0.15) is 0 Å². The van der Waals surface area contributed by atoms with Gasteiger partial charge in [0.05, 0.1) is 0 Å². The zero-order chi connectivity index (χ0) is 17.9. The number of hydrogen-bond donors (Lipinski definition) is 0. The van der Waals surface area contributed by atoms with Crippen molar-refractivity contribution in [1.29, 1.82) is 0 Å². The predicted molar refractivity (Wildman–Crippen MR) is 104 cm³/mol. The average Bonchev–Trinajstić information content (AvgIpc) is 3.23. The Labute approximate surface area is 160 Å². The maximum Gasteiger partial charge on any atom is 0.254 e. The molecule has 132 valence electrons. The van der Waals surface area contributed by atoms with E-state index in [0.29, 0.717) is 18.7 Å². The molecule has 0 saturated carbocycles. The molecular weight excluding hydrogens is 394 g/mol. The fourth-order valence-electron chi connectivity index (χ4n) is 3.05. The number of halogens is 1. The highest BCUT2D eigenvalue weighted by Gasteiger charge is 2.23. The van der Waals surface area contributed by atoms with Gasteiger partial charge in [0.25, 0.3) is 5.91 Å². The quantitative estimate of drug-likeness (QED) is 0.664. The van der Waals surface area contributed by atoms with Crippen molar-refractivity contribution in [3.8, 4) is 5.82 Å². The molecule has 0 aliphatic carbocycles. The molecule has 0 unspecified atom stereocenters. The molecule has 7 heteroatoms. The van der Waals surface area contributed by atoms with Crippen molar-refractivity contribution in [1.82, 2.24) is 19.7 Å². The van der Waals surface area contributed by atoms with Gasteiger partial charge in [0, 0.05) is 48.6 Å². The Kier molecular flexibility index (Phi) is 4.71. The van der Waals surface area contributed by atoms with E-state index in [4.69, 9.17) is 0 Å². The molecule has 3 heterocycles. The summed E-state index contributed by atoms with van der Waals surface area (Å²) in [6.07, 6.45) is 3.88. The smallest absolute Gasteiger partial charge is 0.254 e. The van der Waals surface area contributed by atoms with Crippen LogP contribution in [0.1, 0.15) is 10.4 Å². The number of amides is 1. The largest absolute Gasteiger partial charge is 0.352 e. The van der Waals surface area contributed by atoms with Crippen LogP contribution in [-0.4, -0.2) is 51.8 Å². The van der Waals surface area contributed by atoms with Crippen LogP contribution >= 0.6 is 15.9 Å². The minimum absolute atomic E-state index is 0.0694. The normalized spacial score (nSPS) is 14.5. The van der Waals surface area contributed by atoms with E-state index >= 15 is 0 Å². The summed E-state index contributed by atoms with van der Waals surface area (Å²) in [6.45, 7) is 2.84. The van der Waals surface area contributed by atoms with Crippen LogP contribution in [0.4, 0.5) is 5.82 Å². The second-order valence-corrected chi connectivity index (χ2v) is 7.05. The molecule has 1 amide bonds. The molecule has 1 aliphatic heterocycles. The lowest BCUT2D eigenvalue weighted by atomic mass is 10.2. The summed E-state index contributed by atoms with van der Waals surface area (Å²) in [5, 5.41) is 8.64. The van der Waals surface area contributed by atoms with Crippen LogP contribution in [0.5, 0.6) is 0 Å². The third-order valence-electron chi connectivity index (χ3n) is 4.47. The summed E-state index contributed by atoms with van der Waals surface area (Å²) in [6, 6.07) is 15.4. The van der Waals surface area contributed by atoms with E-state index in [1.54, 1.807) is 0 Å². The van der Waals surface area contributed by atoms with Crippen LogP contribution in [0.3, 0.4) is 0 Å². The maximum atomic E-state index is 12.6. The first kappa shape index (κ1) is 16.8. The van der Waals surface area contributed by atoms with Crippen molar-refractivity contribution >= 4 is 27.7 Å². The van der Waals surface area contributed by atoms with Crippen molar-refractivity contribution < 1.29 is 4.79 Å². The molecule has 2 aromatic heterocycles. The third kappa shape index (κ3) is 3.48. The lowest BCUT2D eigenvalue weighted by molar-refractivity contribution is 0.0746. The number of benzene rings is 1.